The molecule has 1 aromatic carbocycles. The molecule has 1 aliphatic heterocycles. The summed E-state index contributed by atoms with van der Waals surface area (Å²) in [7, 11) is -7.62. The molecule has 36 heavy (non-hydrogen) atoms. The van der Waals surface area contributed by atoms with Gasteiger partial charge >= 0.3 is 0 Å². The van der Waals surface area contributed by atoms with E-state index in [2.05, 4.69) is 10.0 Å². The molecular weight excluding hydrogens is 508 g/mol. The molecule has 196 valence electrons. The Balaban J connectivity index is 1.66. The molecular formula is C23H30N4O7S2. The number of sulfonamides is 1. The van der Waals surface area contributed by atoms with Gasteiger partial charge in [0.05, 0.1) is 35.1 Å². The zero-order valence-corrected chi connectivity index (χ0v) is 21.6. The number of carbonyl (C=O) groups is 1. The number of amides is 1. The van der Waals surface area contributed by atoms with Crippen LogP contribution in [0.15, 0.2) is 41.3 Å². The first-order valence-corrected chi connectivity index (χ1v) is 15.0. The number of nitrogens with one attached hydrogen (secondary N) is 2. The van der Waals surface area contributed by atoms with E-state index in [0.717, 1.165) is 19.0 Å². The highest BCUT2D eigenvalue weighted by atomic mass is 32.2. The van der Waals surface area contributed by atoms with Crippen LogP contribution in [0, 0.1) is 5.41 Å². The standard InChI is InChI=1S/C23H30N4O7S2/c1-2-36(33,34)27-11-3-4-19(22(27)30)24-21(29)18-6-5-17(25-35(31,32)15-14-28)16-20(18)26-12-9-23(7-8-23)10-13-26/h3-6,11,16,25,28H,2,7-10,12-15H2,1H3,(H,24,29). The van der Waals surface area contributed by atoms with Crippen molar-refractivity contribution < 1.29 is 26.7 Å². The summed E-state index contributed by atoms with van der Waals surface area (Å²) in [6.45, 7) is 2.28. The fourth-order valence-corrected chi connectivity index (χ4v) is 6.13. The molecule has 2 heterocycles. The Morgan fingerprint density at radius 2 is 1.78 bits per heavy atom. The molecule has 1 aromatic heterocycles. The highest BCUT2D eigenvalue weighted by molar-refractivity contribution is 7.92. The number of benzene rings is 1. The van der Waals surface area contributed by atoms with E-state index in [1.54, 1.807) is 6.07 Å². The molecule has 2 fully saturated rings. The summed E-state index contributed by atoms with van der Waals surface area (Å²) in [4.78, 5) is 28.1. The predicted molar refractivity (Wildman–Crippen MR) is 138 cm³/mol. The molecule has 2 aromatic rings. The highest BCUT2D eigenvalue weighted by Gasteiger charge is 2.44. The van der Waals surface area contributed by atoms with Crippen LogP contribution < -0.4 is 20.5 Å². The maximum absolute atomic E-state index is 13.3. The van der Waals surface area contributed by atoms with Gasteiger partial charge in [0.1, 0.15) is 5.69 Å². The smallest absolute Gasteiger partial charge is 0.287 e. The molecule has 1 spiro atoms. The van der Waals surface area contributed by atoms with Gasteiger partial charge in [-0.25, -0.2) is 20.8 Å². The SMILES string of the molecule is CCS(=O)(=O)n1cccc(NC(=O)c2ccc(NS(=O)(=O)CCO)cc2N2CCC3(CC2)CC3)c1=O. The molecule has 1 saturated heterocycles. The van der Waals surface area contributed by atoms with Crippen molar-refractivity contribution in [2.24, 2.45) is 5.41 Å². The van der Waals surface area contributed by atoms with Crippen LogP contribution in [0.25, 0.3) is 0 Å². The number of nitrogens with zero attached hydrogens (tertiary/aromatic N) is 2. The predicted octanol–water partition coefficient (Wildman–Crippen LogP) is 1.41. The maximum Gasteiger partial charge on any atom is 0.287 e. The molecule has 3 N–H and O–H groups in total. The quantitative estimate of drug-likeness (QED) is 0.433. The first-order valence-electron chi connectivity index (χ1n) is 11.8. The van der Waals surface area contributed by atoms with Crippen LogP contribution in [0.4, 0.5) is 17.1 Å². The summed E-state index contributed by atoms with van der Waals surface area (Å²) in [6.07, 6.45) is 5.45. The van der Waals surface area contributed by atoms with Crippen molar-refractivity contribution in [2.75, 3.05) is 46.1 Å². The van der Waals surface area contributed by atoms with Crippen molar-refractivity contribution in [1.82, 2.24) is 3.97 Å². The van der Waals surface area contributed by atoms with Crippen LogP contribution >= 0.6 is 0 Å². The second kappa shape index (κ2) is 9.87. The molecule has 1 aliphatic carbocycles. The number of carbonyl (C=O) groups excluding carboxylic acids is 1. The molecule has 0 radical (unpaired) electrons. The lowest BCUT2D eigenvalue weighted by Crippen LogP contribution is -2.36. The monoisotopic (exact) mass is 538 g/mol. The lowest BCUT2D eigenvalue weighted by molar-refractivity contribution is 0.102. The van der Waals surface area contributed by atoms with E-state index >= 15 is 0 Å². The number of hydrogen-bond acceptors (Lipinski definition) is 8. The average molecular weight is 539 g/mol. The van der Waals surface area contributed by atoms with E-state index in [4.69, 9.17) is 5.11 Å². The van der Waals surface area contributed by atoms with E-state index in [9.17, 15) is 26.4 Å². The van der Waals surface area contributed by atoms with E-state index in [-0.39, 0.29) is 22.7 Å². The topological polar surface area (TPSA) is 155 Å². The Morgan fingerprint density at radius 3 is 2.39 bits per heavy atom. The fraction of sp³-hybridized carbons (Fsp3) is 0.478. The molecule has 0 bridgehead atoms. The van der Waals surface area contributed by atoms with Gasteiger partial charge in [-0.3, -0.25) is 14.3 Å². The summed E-state index contributed by atoms with van der Waals surface area (Å²) >= 11 is 0. The Hall–Kier alpha value is -2.90. The van der Waals surface area contributed by atoms with Gasteiger partial charge in [0, 0.05) is 19.3 Å². The summed E-state index contributed by atoms with van der Waals surface area (Å²) in [5.74, 6) is -1.36. The number of rotatable bonds is 9. The zero-order chi connectivity index (χ0) is 26.1. The van der Waals surface area contributed by atoms with Crippen LogP contribution in [-0.2, 0) is 20.0 Å². The van der Waals surface area contributed by atoms with Gasteiger partial charge in [-0.1, -0.05) is 0 Å². The van der Waals surface area contributed by atoms with E-state index in [0.29, 0.717) is 28.2 Å². The van der Waals surface area contributed by atoms with Crippen LogP contribution in [0.5, 0.6) is 0 Å². The van der Waals surface area contributed by atoms with Gasteiger partial charge in [0.2, 0.25) is 20.0 Å². The third kappa shape index (κ3) is 5.57. The van der Waals surface area contributed by atoms with Gasteiger partial charge in [0.25, 0.3) is 11.5 Å². The third-order valence-electron chi connectivity index (χ3n) is 6.83. The Bertz CT molecular complexity index is 1420. The molecule has 2 aliphatic rings. The van der Waals surface area contributed by atoms with Gasteiger partial charge in [0.15, 0.2) is 0 Å². The summed E-state index contributed by atoms with van der Waals surface area (Å²) in [6, 6.07) is 7.16. The number of aliphatic hydroxyl groups excluding tert-OH is 1. The summed E-state index contributed by atoms with van der Waals surface area (Å²) in [5.41, 5.74) is 0.298. The molecule has 1 amide bonds. The van der Waals surface area contributed by atoms with Crippen molar-refractivity contribution in [3.8, 4) is 0 Å². The van der Waals surface area contributed by atoms with Crippen molar-refractivity contribution in [1.29, 1.82) is 0 Å². The largest absolute Gasteiger partial charge is 0.395 e. The van der Waals surface area contributed by atoms with Crippen molar-refractivity contribution >= 4 is 43.0 Å². The minimum Gasteiger partial charge on any atom is -0.395 e. The van der Waals surface area contributed by atoms with Gasteiger partial charge < -0.3 is 15.3 Å². The molecule has 1 saturated carbocycles. The number of pyridine rings is 1. The van der Waals surface area contributed by atoms with E-state index in [1.165, 1.54) is 44.0 Å². The van der Waals surface area contributed by atoms with Crippen molar-refractivity contribution in [3.63, 3.8) is 0 Å². The van der Waals surface area contributed by atoms with Gasteiger partial charge in [-0.15, -0.1) is 0 Å². The Morgan fingerprint density at radius 1 is 1.08 bits per heavy atom. The van der Waals surface area contributed by atoms with Crippen molar-refractivity contribution in [3.05, 3.63) is 52.4 Å². The fourth-order valence-electron chi connectivity index (χ4n) is 4.42. The minimum absolute atomic E-state index is 0.186. The first kappa shape index (κ1) is 26.2. The Kier molecular flexibility index (Phi) is 7.17. The molecule has 13 heteroatoms. The molecule has 4 rings (SSSR count). The first-order chi connectivity index (χ1) is 17.0. The lowest BCUT2D eigenvalue weighted by atomic mass is 9.93. The third-order valence-corrected chi connectivity index (χ3v) is 9.71. The van der Waals surface area contributed by atoms with E-state index in [1.807, 2.05) is 4.90 Å². The number of piperidine rings is 1. The number of hydrogen-bond donors (Lipinski definition) is 3. The second-order valence-electron chi connectivity index (χ2n) is 9.24. The van der Waals surface area contributed by atoms with Gasteiger partial charge in [-0.2, -0.15) is 0 Å². The summed E-state index contributed by atoms with van der Waals surface area (Å²) in [5, 5.41) is 11.5. The minimum atomic E-state index is -3.85. The lowest BCUT2D eigenvalue weighted by Gasteiger charge is -2.35. The van der Waals surface area contributed by atoms with E-state index < -0.39 is 43.9 Å². The second-order valence-corrected chi connectivity index (χ2v) is 13.2. The number of aliphatic hydroxyl groups is 1. The number of aromatic nitrogens is 1. The maximum atomic E-state index is 13.3. The average Bonchev–Trinajstić information content (AvgIpc) is 3.59. The van der Waals surface area contributed by atoms with Crippen LogP contribution in [0.1, 0.15) is 43.0 Å². The van der Waals surface area contributed by atoms with Crippen LogP contribution in [-0.4, -0.2) is 63.0 Å². The molecule has 0 atom stereocenters. The Labute approximate surface area is 210 Å². The molecule has 0 unspecified atom stereocenters. The van der Waals surface area contributed by atoms with Crippen molar-refractivity contribution in [2.45, 2.75) is 32.6 Å². The number of anilines is 3. The molecule has 11 nitrogen and oxygen atoms in total. The normalized spacial score (nSPS) is 17.1. The van der Waals surface area contributed by atoms with Crippen LogP contribution in [0.2, 0.25) is 0 Å². The zero-order valence-electron chi connectivity index (χ0n) is 19.9. The summed E-state index contributed by atoms with van der Waals surface area (Å²) < 4.78 is 51.8. The van der Waals surface area contributed by atoms with Crippen LogP contribution in [0.3, 0.4) is 0 Å². The highest BCUT2D eigenvalue weighted by Crippen LogP contribution is 2.54. The van der Waals surface area contributed by atoms with Gasteiger partial charge in [-0.05, 0) is 68.4 Å².